The Morgan fingerprint density at radius 2 is 2.00 bits per heavy atom. The maximum atomic E-state index is 13.4. The van der Waals surface area contributed by atoms with Gasteiger partial charge in [0.2, 0.25) is 0 Å². The SMILES string of the molecule is CCc1cc(OC(c2cccc(F)c2)C(C)N)ccc1Cl. The zero-order valence-corrected chi connectivity index (χ0v) is 12.9. The number of rotatable bonds is 5. The number of ether oxygens (including phenoxy) is 1. The molecule has 0 radical (unpaired) electrons. The highest BCUT2D eigenvalue weighted by Gasteiger charge is 2.19. The summed E-state index contributed by atoms with van der Waals surface area (Å²) in [6.45, 7) is 3.87. The zero-order chi connectivity index (χ0) is 15.4. The minimum Gasteiger partial charge on any atom is -0.484 e. The zero-order valence-electron chi connectivity index (χ0n) is 12.1. The topological polar surface area (TPSA) is 35.2 Å². The number of aryl methyl sites for hydroxylation is 1. The average Bonchev–Trinajstić information content (AvgIpc) is 2.46. The molecule has 0 bridgehead atoms. The van der Waals surface area contributed by atoms with Gasteiger partial charge in [0.15, 0.2) is 0 Å². The third-order valence-electron chi connectivity index (χ3n) is 3.32. The summed E-state index contributed by atoms with van der Waals surface area (Å²) >= 11 is 6.10. The first kappa shape index (κ1) is 15.8. The third kappa shape index (κ3) is 3.96. The van der Waals surface area contributed by atoms with Gasteiger partial charge in [0.1, 0.15) is 17.7 Å². The van der Waals surface area contributed by atoms with Crippen molar-refractivity contribution in [1.82, 2.24) is 0 Å². The van der Waals surface area contributed by atoms with Crippen LogP contribution in [-0.4, -0.2) is 6.04 Å². The van der Waals surface area contributed by atoms with Crippen LogP contribution in [0.1, 0.15) is 31.1 Å². The minimum absolute atomic E-state index is 0.271. The molecule has 2 atom stereocenters. The number of nitrogens with two attached hydrogens (primary N) is 1. The lowest BCUT2D eigenvalue weighted by molar-refractivity contribution is 0.180. The van der Waals surface area contributed by atoms with Crippen molar-refractivity contribution in [2.24, 2.45) is 5.73 Å². The molecule has 0 aliphatic rings. The van der Waals surface area contributed by atoms with E-state index in [-0.39, 0.29) is 11.9 Å². The number of hydrogen-bond acceptors (Lipinski definition) is 2. The van der Waals surface area contributed by atoms with Gasteiger partial charge in [-0.25, -0.2) is 4.39 Å². The van der Waals surface area contributed by atoms with E-state index in [9.17, 15) is 4.39 Å². The molecular weight excluding hydrogens is 289 g/mol. The Kier molecular flexibility index (Phi) is 5.21. The van der Waals surface area contributed by atoms with E-state index in [1.54, 1.807) is 18.2 Å². The van der Waals surface area contributed by atoms with E-state index in [4.69, 9.17) is 22.1 Å². The molecule has 0 aromatic heterocycles. The Hall–Kier alpha value is -1.58. The molecule has 2 aromatic rings. The first-order valence-electron chi connectivity index (χ1n) is 6.97. The smallest absolute Gasteiger partial charge is 0.139 e. The molecule has 4 heteroatoms. The summed E-state index contributed by atoms with van der Waals surface area (Å²) in [5, 5.41) is 0.716. The van der Waals surface area contributed by atoms with Gasteiger partial charge >= 0.3 is 0 Å². The van der Waals surface area contributed by atoms with E-state index in [0.29, 0.717) is 10.8 Å². The van der Waals surface area contributed by atoms with Crippen molar-refractivity contribution < 1.29 is 9.13 Å². The van der Waals surface area contributed by atoms with Crippen molar-refractivity contribution in [2.45, 2.75) is 32.4 Å². The van der Waals surface area contributed by atoms with Gasteiger partial charge in [0.05, 0.1) is 0 Å². The Bertz CT molecular complexity index is 615. The van der Waals surface area contributed by atoms with E-state index < -0.39 is 6.10 Å². The fourth-order valence-corrected chi connectivity index (χ4v) is 2.46. The van der Waals surface area contributed by atoms with E-state index in [0.717, 1.165) is 17.5 Å². The number of hydrogen-bond donors (Lipinski definition) is 1. The minimum atomic E-state index is -0.411. The van der Waals surface area contributed by atoms with Crippen molar-refractivity contribution >= 4 is 11.6 Å². The molecule has 0 saturated carbocycles. The molecule has 0 spiro atoms. The standard InChI is InChI=1S/C17H19ClFNO/c1-3-12-10-15(7-8-16(12)18)21-17(11(2)20)13-5-4-6-14(19)9-13/h4-11,17H,3,20H2,1-2H3. The first-order valence-corrected chi connectivity index (χ1v) is 7.35. The second-order valence-corrected chi connectivity index (χ2v) is 5.47. The van der Waals surface area contributed by atoms with E-state index in [1.165, 1.54) is 12.1 Å². The van der Waals surface area contributed by atoms with Gasteiger partial charge in [0.25, 0.3) is 0 Å². The molecule has 0 aliphatic carbocycles. The first-order chi connectivity index (χ1) is 10.0. The van der Waals surface area contributed by atoms with Gasteiger partial charge in [-0.2, -0.15) is 0 Å². The molecule has 0 fully saturated rings. The maximum absolute atomic E-state index is 13.4. The molecule has 0 aliphatic heterocycles. The average molecular weight is 308 g/mol. The largest absolute Gasteiger partial charge is 0.484 e. The maximum Gasteiger partial charge on any atom is 0.139 e. The van der Waals surface area contributed by atoms with Gasteiger partial charge in [-0.3, -0.25) is 0 Å². The molecule has 2 nitrogen and oxygen atoms in total. The Morgan fingerprint density at radius 3 is 2.62 bits per heavy atom. The summed E-state index contributed by atoms with van der Waals surface area (Å²) in [5.41, 5.74) is 7.72. The van der Waals surface area contributed by atoms with Crippen molar-refractivity contribution in [3.05, 3.63) is 64.4 Å². The summed E-state index contributed by atoms with van der Waals surface area (Å²) in [5.74, 6) is 0.384. The van der Waals surface area contributed by atoms with Gasteiger partial charge in [-0.15, -0.1) is 0 Å². The quantitative estimate of drug-likeness (QED) is 0.882. The Morgan fingerprint density at radius 1 is 1.24 bits per heavy atom. The molecular formula is C17H19ClFNO. The molecule has 2 N–H and O–H groups in total. The summed E-state index contributed by atoms with van der Waals surface area (Å²) in [7, 11) is 0. The molecule has 0 amide bonds. The van der Waals surface area contributed by atoms with Crippen LogP contribution in [0.15, 0.2) is 42.5 Å². The Balaban J connectivity index is 2.28. The molecule has 2 unspecified atom stereocenters. The third-order valence-corrected chi connectivity index (χ3v) is 3.68. The van der Waals surface area contributed by atoms with Crippen molar-refractivity contribution in [3.8, 4) is 5.75 Å². The van der Waals surface area contributed by atoms with Crippen LogP contribution in [0.5, 0.6) is 5.75 Å². The van der Waals surface area contributed by atoms with E-state index >= 15 is 0 Å². The lowest BCUT2D eigenvalue weighted by Gasteiger charge is -2.23. The van der Waals surface area contributed by atoms with Crippen molar-refractivity contribution in [3.63, 3.8) is 0 Å². The van der Waals surface area contributed by atoms with E-state index in [1.807, 2.05) is 26.0 Å². The predicted molar refractivity (Wildman–Crippen MR) is 84.2 cm³/mol. The molecule has 0 saturated heterocycles. The monoisotopic (exact) mass is 307 g/mol. The molecule has 112 valence electrons. The normalized spacial score (nSPS) is 13.8. The summed E-state index contributed by atoms with van der Waals surface area (Å²) < 4.78 is 19.4. The van der Waals surface area contributed by atoms with E-state index in [2.05, 4.69) is 0 Å². The van der Waals surface area contributed by atoms with Crippen LogP contribution in [0.3, 0.4) is 0 Å². The van der Waals surface area contributed by atoms with Crippen LogP contribution < -0.4 is 10.5 Å². The predicted octanol–water partition coefficient (Wildman–Crippen LogP) is 4.51. The number of halogens is 2. The lowest BCUT2D eigenvalue weighted by Crippen LogP contribution is -2.29. The Labute approximate surface area is 129 Å². The van der Waals surface area contributed by atoms with Crippen LogP contribution in [0, 0.1) is 5.82 Å². The van der Waals surface area contributed by atoms with Gasteiger partial charge in [-0.05, 0) is 54.8 Å². The second kappa shape index (κ2) is 6.92. The highest BCUT2D eigenvalue weighted by atomic mass is 35.5. The fourth-order valence-electron chi connectivity index (χ4n) is 2.20. The van der Waals surface area contributed by atoms with Crippen LogP contribution in [0.2, 0.25) is 5.02 Å². The highest BCUT2D eigenvalue weighted by molar-refractivity contribution is 6.31. The van der Waals surface area contributed by atoms with Crippen molar-refractivity contribution in [1.29, 1.82) is 0 Å². The van der Waals surface area contributed by atoms with Crippen LogP contribution >= 0.6 is 11.6 Å². The number of benzene rings is 2. The summed E-state index contributed by atoms with van der Waals surface area (Å²) in [6, 6.07) is 11.6. The van der Waals surface area contributed by atoms with Crippen molar-refractivity contribution in [2.75, 3.05) is 0 Å². The van der Waals surface area contributed by atoms with Gasteiger partial charge in [0, 0.05) is 11.1 Å². The van der Waals surface area contributed by atoms with Crippen LogP contribution in [0.25, 0.3) is 0 Å². The molecule has 2 rings (SSSR count). The fraction of sp³-hybridized carbons (Fsp3) is 0.294. The molecule has 0 heterocycles. The highest BCUT2D eigenvalue weighted by Crippen LogP contribution is 2.28. The molecule has 21 heavy (non-hydrogen) atoms. The van der Waals surface area contributed by atoms with Crippen LogP contribution in [-0.2, 0) is 6.42 Å². The lowest BCUT2D eigenvalue weighted by atomic mass is 10.0. The van der Waals surface area contributed by atoms with Gasteiger partial charge < -0.3 is 10.5 Å². The van der Waals surface area contributed by atoms with Crippen LogP contribution in [0.4, 0.5) is 4.39 Å². The van der Waals surface area contributed by atoms with Gasteiger partial charge in [-0.1, -0.05) is 30.7 Å². The second-order valence-electron chi connectivity index (χ2n) is 5.06. The summed E-state index contributed by atoms with van der Waals surface area (Å²) in [6.07, 6.45) is 0.408. The summed E-state index contributed by atoms with van der Waals surface area (Å²) in [4.78, 5) is 0. The molecule has 2 aromatic carbocycles.